The van der Waals surface area contributed by atoms with Crippen LogP contribution in [-0.2, 0) is 32.7 Å². The third-order valence-electron chi connectivity index (χ3n) is 11.9. The molecule has 0 fully saturated rings. The van der Waals surface area contributed by atoms with Gasteiger partial charge in [0.05, 0.1) is 27.7 Å². The van der Waals surface area contributed by atoms with Gasteiger partial charge in [0.1, 0.15) is 19.8 Å². The van der Waals surface area contributed by atoms with Crippen LogP contribution in [0.3, 0.4) is 0 Å². The minimum absolute atomic E-state index is 0.0281. The number of likely N-dealkylation sites (N-methyl/N-ethyl adjacent to an activating group) is 1. The van der Waals surface area contributed by atoms with Gasteiger partial charge in [-0.25, -0.2) is 4.57 Å². The van der Waals surface area contributed by atoms with Crippen molar-refractivity contribution in [3.63, 3.8) is 0 Å². The van der Waals surface area contributed by atoms with E-state index < -0.39 is 26.5 Å². The quantitative estimate of drug-likeness (QED) is 0.0211. The molecule has 0 bridgehead atoms. The number of carbonyl (C=O) groups excluding carboxylic acids is 2. The molecule has 0 rings (SSSR count). The number of hydrogen-bond acceptors (Lipinski definition) is 7. The van der Waals surface area contributed by atoms with E-state index in [1.165, 1.54) is 103 Å². The van der Waals surface area contributed by atoms with Crippen LogP contribution in [0.25, 0.3) is 0 Å². The number of phosphoric ester groups is 1. The largest absolute Gasteiger partial charge is 0.472 e. The van der Waals surface area contributed by atoms with Crippen molar-refractivity contribution in [1.82, 2.24) is 0 Å². The smallest absolute Gasteiger partial charge is 0.462 e. The number of hydrogen-bond donors (Lipinski definition) is 1. The van der Waals surface area contributed by atoms with E-state index in [1.54, 1.807) is 0 Å². The van der Waals surface area contributed by atoms with Crippen molar-refractivity contribution >= 4 is 19.8 Å². The van der Waals surface area contributed by atoms with E-state index in [2.05, 4.69) is 98.9 Å². The van der Waals surface area contributed by atoms with Gasteiger partial charge in [-0.15, -0.1) is 0 Å². The molecule has 0 amide bonds. The summed E-state index contributed by atoms with van der Waals surface area (Å²) in [6.45, 7) is 4.29. The van der Waals surface area contributed by atoms with E-state index in [1.807, 2.05) is 21.1 Å². The Morgan fingerprint density at radius 3 is 1.23 bits per heavy atom. The second-order valence-corrected chi connectivity index (χ2v) is 21.4. The predicted octanol–water partition coefficient (Wildman–Crippen LogP) is 17.5. The van der Waals surface area contributed by atoms with Gasteiger partial charge in [0, 0.05) is 12.8 Å². The van der Waals surface area contributed by atoms with Gasteiger partial charge in [-0.05, 0) is 89.9 Å². The van der Waals surface area contributed by atoms with Crippen molar-refractivity contribution in [3.05, 3.63) is 85.1 Å². The SMILES string of the molecule is CC/C=C\C/C=C\C/C=C\C/C=C\C/C=C\C/C=C\CCCCCCCCCCCCCCCCC(=O)OC(COC(=O)CCCCCCC/C=C\CCCCCC)COP(=O)(O)OCC[N+](C)(C)C. The summed E-state index contributed by atoms with van der Waals surface area (Å²) in [5, 5.41) is 0. The highest BCUT2D eigenvalue weighted by molar-refractivity contribution is 7.47. The number of ether oxygens (including phenoxy) is 2. The van der Waals surface area contributed by atoms with Crippen molar-refractivity contribution in [2.75, 3.05) is 47.5 Å². The molecule has 0 aromatic heterocycles. The molecule has 0 aliphatic rings. The highest BCUT2D eigenvalue weighted by Gasteiger charge is 2.27. The Balaban J connectivity index is 4.08. The van der Waals surface area contributed by atoms with Gasteiger partial charge in [-0.3, -0.25) is 18.6 Å². The Morgan fingerprint density at radius 2 is 0.814 bits per heavy atom. The number of esters is 2. The fourth-order valence-corrected chi connectivity index (χ4v) is 8.28. The Hall–Kier alpha value is -2.81. The summed E-state index contributed by atoms with van der Waals surface area (Å²) in [5.41, 5.74) is 0. The van der Waals surface area contributed by atoms with E-state index in [4.69, 9.17) is 18.5 Å². The van der Waals surface area contributed by atoms with Gasteiger partial charge < -0.3 is 18.9 Å². The number of rotatable bonds is 51. The first-order valence-corrected chi connectivity index (χ1v) is 29.8. The molecule has 0 aromatic carbocycles. The normalized spacial score (nSPS) is 14.0. The van der Waals surface area contributed by atoms with Crippen LogP contribution in [0.1, 0.15) is 232 Å². The van der Waals surface area contributed by atoms with E-state index in [-0.39, 0.29) is 32.0 Å². The molecule has 0 saturated heterocycles. The molecule has 0 aliphatic carbocycles. The maximum Gasteiger partial charge on any atom is 0.472 e. The standard InChI is InChI=1S/C60H106NO8P/c1-6-8-10-12-14-16-18-20-21-22-23-24-25-26-27-28-29-30-31-32-33-34-35-36-37-38-39-41-43-45-47-49-51-53-60(63)69-58(57-68-70(64,65)67-55-54-61(3,4)5)56-66-59(62)52-50-48-46-44-42-40-19-17-15-13-11-9-7-2/h8,10,14,16-17,19-21,23-24,26-27,29-30,58H,6-7,9,11-13,15,18,22,25,28,31-57H2,1-5H3/p+1/b10-8-,16-14-,19-17-,21-20-,24-23-,27-26-,30-29-. The first-order chi connectivity index (χ1) is 34.0. The van der Waals surface area contributed by atoms with Crippen LogP contribution in [0, 0.1) is 0 Å². The number of quaternary nitrogens is 1. The molecule has 0 aromatic rings. The summed E-state index contributed by atoms with van der Waals surface area (Å²) in [7, 11) is 1.47. The zero-order valence-electron chi connectivity index (χ0n) is 45.7. The Kier molecular flexibility index (Phi) is 49.1. The van der Waals surface area contributed by atoms with Crippen LogP contribution in [0.15, 0.2) is 85.1 Å². The zero-order chi connectivity index (χ0) is 51.3. The first-order valence-electron chi connectivity index (χ1n) is 28.3. The van der Waals surface area contributed by atoms with Crippen LogP contribution in [0.5, 0.6) is 0 Å². The lowest BCUT2D eigenvalue weighted by Gasteiger charge is -2.24. The summed E-state index contributed by atoms with van der Waals surface area (Å²) in [4.78, 5) is 35.6. The maximum absolute atomic E-state index is 12.8. The van der Waals surface area contributed by atoms with E-state index in [9.17, 15) is 19.0 Å². The summed E-state index contributed by atoms with van der Waals surface area (Å²) in [6, 6.07) is 0. The molecule has 0 saturated carbocycles. The molecule has 2 atom stereocenters. The van der Waals surface area contributed by atoms with Crippen molar-refractivity contribution < 1.29 is 42.1 Å². The average molecular weight is 1000 g/mol. The molecule has 0 radical (unpaired) electrons. The van der Waals surface area contributed by atoms with Gasteiger partial charge in [0.25, 0.3) is 0 Å². The first kappa shape index (κ1) is 67.2. The predicted molar refractivity (Wildman–Crippen MR) is 298 cm³/mol. The third-order valence-corrected chi connectivity index (χ3v) is 12.9. The lowest BCUT2D eigenvalue weighted by Crippen LogP contribution is -2.37. The molecular weight excluding hydrogens is 894 g/mol. The molecule has 9 nitrogen and oxygen atoms in total. The summed E-state index contributed by atoms with van der Waals surface area (Å²) in [6.07, 6.45) is 68.0. The minimum atomic E-state index is -4.39. The zero-order valence-corrected chi connectivity index (χ0v) is 46.6. The maximum atomic E-state index is 12.8. The van der Waals surface area contributed by atoms with Crippen molar-refractivity contribution in [3.8, 4) is 0 Å². The molecule has 0 heterocycles. The lowest BCUT2D eigenvalue weighted by atomic mass is 10.0. The molecule has 0 spiro atoms. The Labute approximate surface area is 431 Å². The Morgan fingerprint density at radius 1 is 0.457 bits per heavy atom. The van der Waals surface area contributed by atoms with Crippen LogP contribution >= 0.6 is 7.82 Å². The molecule has 2 unspecified atom stereocenters. The van der Waals surface area contributed by atoms with Crippen LogP contribution in [0.2, 0.25) is 0 Å². The molecule has 10 heteroatoms. The van der Waals surface area contributed by atoms with Crippen LogP contribution in [0.4, 0.5) is 0 Å². The van der Waals surface area contributed by atoms with Crippen molar-refractivity contribution in [2.24, 2.45) is 0 Å². The fraction of sp³-hybridized carbons (Fsp3) is 0.733. The van der Waals surface area contributed by atoms with E-state index in [0.717, 1.165) is 96.3 Å². The third kappa shape index (κ3) is 54.5. The van der Waals surface area contributed by atoms with Crippen LogP contribution < -0.4 is 0 Å². The van der Waals surface area contributed by atoms with Gasteiger partial charge >= 0.3 is 19.8 Å². The number of phosphoric acid groups is 1. The summed E-state index contributed by atoms with van der Waals surface area (Å²) < 4.78 is 34.5. The topological polar surface area (TPSA) is 108 Å². The second-order valence-electron chi connectivity index (χ2n) is 19.9. The molecule has 70 heavy (non-hydrogen) atoms. The van der Waals surface area contributed by atoms with Gasteiger partial charge in [-0.2, -0.15) is 0 Å². The van der Waals surface area contributed by atoms with Crippen molar-refractivity contribution in [2.45, 2.75) is 238 Å². The van der Waals surface area contributed by atoms with Gasteiger partial charge in [0.2, 0.25) is 0 Å². The highest BCUT2D eigenvalue weighted by Crippen LogP contribution is 2.43. The van der Waals surface area contributed by atoms with E-state index >= 15 is 0 Å². The average Bonchev–Trinajstić information content (AvgIpc) is 3.32. The lowest BCUT2D eigenvalue weighted by molar-refractivity contribution is -0.870. The minimum Gasteiger partial charge on any atom is -0.462 e. The Bertz CT molecular complexity index is 1460. The summed E-state index contributed by atoms with van der Waals surface area (Å²) >= 11 is 0. The summed E-state index contributed by atoms with van der Waals surface area (Å²) in [5.74, 6) is -0.808. The van der Waals surface area contributed by atoms with E-state index in [0.29, 0.717) is 17.4 Å². The van der Waals surface area contributed by atoms with Gasteiger partial charge in [-0.1, -0.05) is 214 Å². The number of allylic oxidation sites excluding steroid dienone is 14. The fourth-order valence-electron chi connectivity index (χ4n) is 7.54. The highest BCUT2D eigenvalue weighted by atomic mass is 31.2. The molecule has 0 aliphatic heterocycles. The van der Waals surface area contributed by atoms with Crippen molar-refractivity contribution in [1.29, 1.82) is 0 Å². The molecule has 1 N–H and O–H groups in total. The van der Waals surface area contributed by atoms with Gasteiger partial charge in [0.15, 0.2) is 6.10 Å². The number of carbonyl (C=O) groups is 2. The number of nitrogens with zero attached hydrogens (tertiary/aromatic N) is 1. The monoisotopic (exact) mass is 1000 g/mol. The second kappa shape index (κ2) is 51.1. The molecular formula is C60H107NO8P+. The number of unbranched alkanes of at least 4 members (excludes halogenated alkanes) is 23. The molecule has 404 valence electrons. The van der Waals surface area contributed by atoms with Crippen LogP contribution in [-0.4, -0.2) is 74.9 Å².